The minimum Gasteiger partial charge on any atom is -0.317 e. The van der Waals surface area contributed by atoms with Gasteiger partial charge in [-0.15, -0.1) is 10.2 Å². The molecule has 1 N–H and O–H groups in total. The molecule has 100 valence electrons. The van der Waals surface area contributed by atoms with Crippen molar-refractivity contribution in [3.63, 3.8) is 0 Å². The van der Waals surface area contributed by atoms with Crippen LogP contribution in [0, 0.1) is 5.82 Å². The van der Waals surface area contributed by atoms with Crippen LogP contribution in [0.15, 0.2) is 36.8 Å². The normalized spacial score (nSPS) is 10.7. The van der Waals surface area contributed by atoms with Crippen molar-refractivity contribution in [2.45, 2.75) is 0 Å². The highest BCUT2D eigenvalue weighted by molar-refractivity contribution is 6.28. The molecule has 0 radical (unpaired) electrons. The third-order valence-corrected chi connectivity index (χ3v) is 2.93. The maximum Gasteiger partial charge on any atom is 0.258 e. The molecule has 3 aromatic rings. The standard InChI is InChI=1S/C12H7ClFN5O/c13-12-15-5-9(10-18-16-6-19(10)12)17-11(20)7-3-1-2-4-8(7)14/h1-6H,(H,17,20). The lowest BCUT2D eigenvalue weighted by atomic mass is 10.2. The fourth-order valence-electron chi connectivity index (χ4n) is 1.71. The monoisotopic (exact) mass is 291 g/mol. The molecule has 0 saturated heterocycles. The minimum atomic E-state index is -0.607. The molecule has 0 aliphatic rings. The maximum absolute atomic E-state index is 13.5. The molecule has 2 heterocycles. The first-order valence-electron chi connectivity index (χ1n) is 5.57. The van der Waals surface area contributed by atoms with Crippen molar-refractivity contribution in [3.05, 3.63) is 53.5 Å². The van der Waals surface area contributed by atoms with Crippen LogP contribution in [-0.2, 0) is 0 Å². The van der Waals surface area contributed by atoms with E-state index in [0.717, 1.165) is 0 Å². The molecule has 20 heavy (non-hydrogen) atoms. The predicted octanol–water partition coefficient (Wildman–Crippen LogP) is 2.17. The number of aromatic nitrogens is 4. The lowest BCUT2D eigenvalue weighted by Gasteiger charge is -2.07. The average molecular weight is 292 g/mol. The lowest BCUT2D eigenvalue weighted by molar-refractivity contribution is 0.102. The second-order valence-corrected chi connectivity index (χ2v) is 4.24. The number of carbonyl (C=O) groups excluding carboxylic acids is 1. The SMILES string of the molecule is O=C(Nc1cnc(Cl)n2cnnc12)c1ccccc1F. The van der Waals surface area contributed by atoms with Gasteiger partial charge in [0.15, 0.2) is 5.65 Å². The topological polar surface area (TPSA) is 72.2 Å². The van der Waals surface area contributed by atoms with Gasteiger partial charge < -0.3 is 5.32 Å². The Kier molecular flexibility index (Phi) is 3.03. The fourth-order valence-corrected chi connectivity index (χ4v) is 1.89. The number of benzene rings is 1. The van der Waals surface area contributed by atoms with Crippen molar-refractivity contribution in [2.24, 2.45) is 0 Å². The number of hydrogen-bond donors (Lipinski definition) is 1. The van der Waals surface area contributed by atoms with Crippen LogP contribution in [0.4, 0.5) is 10.1 Å². The van der Waals surface area contributed by atoms with Crippen LogP contribution in [0.2, 0.25) is 5.28 Å². The Morgan fingerprint density at radius 2 is 2.15 bits per heavy atom. The Morgan fingerprint density at radius 1 is 1.35 bits per heavy atom. The van der Waals surface area contributed by atoms with Crippen LogP contribution >= 0.6 is 11.6 Å². The molecule has 0 spiro atoms. The van der Waals surface area contributed by atoms with Gasteiger partial charge in [0.1, 0.15) is 17.8 Å². The van der Waals surface area contributed by atoms with E-state index in [1.165, 1.54) is 35.1 Å². The van der Waals surface area contributed by atoms with E-state index >= 15 is 0 Å². The van der Waals surface area contributed by atoms with E-state index in [1.54, 1.807) is 6.07 Å². The number of carbonyl (C=O) groups is 1. The number of rotatable bonds is 2. The second-order valence-electron chi connectivity index (χ2n) is 3.90. The summed E-state index contributed by atoms with van der Waals surface area (Å²) >= 11 is 5.85. The van der Waals surface area contributed by atoms with E-state index in [4.69, 9.17) is 11.6 Å². The summed E-state index contributed by atoms with van der Waals surface area (Å²) in [5, 5.41) is 10.2. The van der Waals surface area contributed by atoms with Crippen molar-refractivity contribution >= 4 is 28.8 Å². The van der Waals surface area contributed by atoms with Crippen LogP contribution in [0.3, 0.4) is 0 Å². The Morgan fingerprint density at radius 3 is 2.95 bits per heavy atom. The molecule has 0 atom stereocenters. The summed E-state index contributed by atoms with van der Waals surface area (Å²) in [5.41, 5.74) is 0.551. The maximum atomic E-state index is 13.5. The van der Waals surface area contributed by atoms with E-state index in [0.29, 0.717) is 11.3 Å². The first-order chi connectivity index (χ1) is 9.66. The zero-order valence-corrected chi connectivity index (χ0v) is 10.7. The number of nitrogens with one attached hydrogen (secondary N) is 1. The van der Waals surface area contributed by atoms with Gasteiger partial charge in [-0.2, -0.15) is 0 Å². The summed E-state index contributed by atoms with van der Waals surface area (Å²) in [4.78, 5) is 15.9. The number of nitrogens with zero attached hydrogens (tertiary/aromatic N) is 4. The molecule has 8 heteroatoms. The molecule has 2 aromatic heterocycles. The van der Waals surface area contributed by atoms with E-state index < -0.39 is 11.7 Å². The lowest BCUT2D eigenvalue weighted by Crippen LogP contribution is -2.14. The van der Waals surface area contributed by atoms with Crippen molar-refractivity contribution in [1.29, 1.82) is 0 Å². The average Bonchev–Trinajstić information content (AvgIpc) is 2.93. The first kappa shape index (κ1) is 12.5. The molecule has 0 aliphatic carbocycles. The van der Waals surface area contributed by atoms with Gasteiger partial charge >= 0.3 is 0 Å². The van der Waals surface area contributed by atoms with Gasteiger partial charge in [0, 0.05) is 0 Å². The first-order valence-corrected chi connectivity index (χ1v) is 5.95. The van der Waals surface area contributed by atoms with Gasteiger partial charge in [-0.3, -0.25) is 9.20 Å². The number of halogens is 2. The largest absolute Gasteiger partial charge is 0.317 e. The summed E-state index contributed by atoms with van der Waals surface area (Å²) in [6.07, 6.45) is 2.70. The van der Waals surface area contributed by atoms with Gasteiger partial charge in [0.2, 0.25) is 5.28 Å². The van der Waals surface area contributed by atoms with E-state index in [1.807, 2.05) is 0 Å². The second kappa shape index (κ2) is 4.86. The zero-order valence-electron chi connectivity index (χ0n) is 9.92. The predicted molar refractivity (Wildman–Crippen MR) is 70.1 cm³/mol. The Bertz CT molecular complexity index is 803. The molecule has 6 nitrogen and oxygen atoms in total. The summed E-state index contributed by atoms with van der Waals surface area (Å²) in [6.45, 7) is 0. The van der Waals surface area contributed by atoms with Crippen molar-refractivity contribution in [1.82, 2.24) is 19.6 Å². The van der Waals surface area contributed by atoms with Gasteiger partial charge in [-0.05, 0) is 23.7 Å². The van der Waals surface area contributed by atoms with Gasteiger partial charge in [0.05, 0.1) is 11.8 Å². The summed E-state index contributed by atoms with van der Waals surface area (Å²) < 4.78 is 14.9. The number of anilines is 1. The number of amides is 1. The molecule has 0 unspecified atom stereocenters. The number of hydrogen-bond acceptors (Lipinski definition) is 4. The summed E-state index contributed by atoms with van der Waals surface area (Å²) in [7, 11) is 0. The highest BCUT2D eigenvalue weighted by atomic mass is 35.5. The Balaban J connectivity index is 1.98. The minimum absolute atomic E-state index is 0.0693. The third-order valence-electron chi connectivity index (χ3n) is 2.65. The quantitative estimate of drug-likeness (QED) is 0.735. The smallest absolute Gasteiger partial charge is 0.258 e. The number of fused-ring (bicyclic) bond motifs is 1. The van der Waals surface area contributed by atoms with Crippen LogP contribution in [-0.4, -0.2) is 25.5 Å². The van der Waals surface area contributed by atoms with Crippen molar-refractivity contribution in [2.75, 3.05) is 5.32 Å². The molecular weight excluding hydrogens is 285 g/mol. The van der Waals surface area contributed by atoms with Crippen LogP contribution in [0.5, 0.6) is 0 Å². The van der Waals surface area contributed by atoms with Crippen LogP contribution < -0.4 is 5.32 Å². The highest BCUT2D eigenvalue weighted by Crippen LogP contribution is 2.18. The zero-order chi connectivity index (χ0) is 14.1. The van der Waals surface area contributed by atoms with Crippen molar-refractivity contribution < 1.29 is 9.18 Å². The molecule has 1 aromatic carbocycles. The highest BCUT2D eigenvalue weighted by Gasteiger charge is 2.14. The molecule has 1 amide bonds. The van der Waals surface area contributed by atoms with Gasteiger partial charge in [0.25, 0.3) is 5.91 Å². The van der Waals surface area contributed by atoms with Crippen LogP contribution in [0.1, 0.15) is 10.4 Å². The molecule has 0 fully saturated rings. The van der Waals surface area contributed by atoms with E-state index in [2.05, 4.69) is 20.5 Å². The summed E-state index contributed by atoms with van der Waals surface area (Å²) in [5.74, 6) is -1.21. The van der Waals surface area contributed by atoms with Gasteiger partial charge in [-0.1, -0.05) is 12.1 Å². The van der Waals surface area contributed by atoms with Crippen molar-refractivity contribution in [3.8, 4) is 0 Å². The van der Waals surface area contributed by atoms with Gasteiger partial charge in [-0.25, -0.2) is 9.37 Å². The molecule has 0 bridgehead atoms. The molecule has 0 saturated carbocycles. The Hall–Kier alpha value is -2.54. The van der Waals surface area contributed by atoms with Crippen LogP contribution in [0.25, 0.3) is 5.65 Å². The Labute approximate surface area is 117 Å². The summed E-state index contributed by atoms with van der Waals surface area (Å²) in [6, 6.07) is 5.67. The molecule has 3 rings (SSSR count). The third kappa shape index (κ3) is 2.08. The molecular formula is C12H7ClFN5O. The van der Waals surface area contributed by atoms with E-state index in [-0.39, 0.29) is 10.8 Å². The molecule has 0 aliphatic heterocycles. The fraction of sp³-hybridized carbons (Fsp3) is 0. The van der Waals surface area contributed by atoms with E-state index in [9.17, 15) is 9.18 Å².